The summed E-state index contributed by atoms with van der Waals surface area (Å²) < 4.78 is 11.0. The summed E-state index contributed by atoms with van der Waals surface area (Å²) in [4.78, 5) is 0. The van der Waals surface area contributed by atoms with E-state index in [2.05, 4.69) is 19.9 Å². The smallest absolute Gasteiger partial charge is 0.126 e. The zero-order chi connectivity index (χ0) is 13.1. The topological polar surface area (TPSA) is 18.5 Å². The van der Waals surface area contributed by atoms with E-state index in [1.54, 1.807) is 14.2 Å². The Balaban J connectivity index is 2.43. The van der Waals surface area contributed by atoms with Crippen molar-refractivity contribution in [3.05, 3.63) is 35.4 Å². The molecule has 0 amide bonds. The van der Waals surface area contributed by atoms with Crippen molar-refractivity contribution in [3.63, 3.8) is 0 Å². The third kappa shape index (κ3) is 2.38. The van der Waals surface area contributed by atoms with Crippen molar-refractivity contribution in [2.24, 2.45) is 5.92 Å². The van der Waals surface area contributed by atoms with Gasteiger partial charge in [0.25, 0.3) is 0 Å². The number of hydrogen-bond acceptors (Lipinski definition) is 2. The molecular formula is C16H22O2. The third-order valence-corrected chi connectivity index (χ3v) is 3.89. The van der Waals surface area contributed by atoms with Crippen molar-refractivity contribution in [3.8, 4) is 11.5 Å². The van der Waals surface area contributed by atoms with Gasteiger partial charge >= 0.3 is 0 Å². The van der Waals surface area contributed by atoms with Crippen LogP contribution in [-0.4, -0.2) is 14.2 Å². The predicted octanol–water partition coefficient (Wildman–Crippen LogP) is 4.16. The minimum Gasteiger partial charge on any atom is -0.496 e. The zero-order valence-corrected chi connectivity index (χ0v) is 11.7. The van der Waals surface area contributed by atoms with Gasteiger partial charge in [-0.1, -0.05) is 24.6 Å². The molecule has 2 nitrogen and oxygen atoms in total. The van der Waals surface area contributed by atoms with Crippen LogP contribution in [0.4, 0.5) is 0 Å². The Morgan fingerprint density at radius 2 is 1.72 bits per heavy atom. The lowest BCUT2D eigenvalue weighted by molar-refractivity contribution is 0.354. The molecule has 0 aliphatic heterocycles. The molecule has 2 rings (SSSR count). The zero-order valence-electron chi connectivity index (χ0n) is 11.7. The Labute approximate surface area is 110 Å². The first-order valence-electron chi connectivity index (χ1n) is 6.54. The third-order valence-electron chi connectivity index (χ3n) is 3.89. The van der Waals surface area contributed by atoms with E-state index in [1.807, 2.05) is 18.2 Å². The van der Waals surface area contributed by atoms with Gasteiger partial charge in [-0.3, -0.25) is 0 Å². The highest BCUT2D eigenvalue weighted by Gasteiger charge is 2.27. The average Bonchev–Trinajstić information content (AvgIpc) is 2.38. The second kappa shape index (κ2) is 5.47. The lowest BCUT2D eigenvalue weighted by Gasteiger charge is -2.30. The lowest BCUT2D eigenvalue weighted by atomic mass is 9.76. The van der Waals surface area contributed by atoms with Crippen LogP contribution in [0.3, 0.4) is 0 Å². The largest absolute Gasteiger partial charge is 0.496 e. The Morgan fingerprint density at radius 1 is 1.11 bits per heavy atom. The van der Waals surface area contributed by atoms with Crippen LogP contribution in [0.5, 0.6) is 11.5 Å². The van der Waals surface area contributed by atoms with E-state index in [1.165, 1.54) is 11.1 Å². The second-order valence-electron chi connectivity index (χ2n) is 5.15. The first kappa shape index (κ1) is 13.0. The Kier molecular flexibility index (Phi) is 3.95. The van der Waals surface area contributed by atoms with Crippen LogP contribution in [0.15, 0.2) is 29.8 Å². The SMILES string of the molecule is COc1cccc(OC)c1[C@H]1CC=C(C)CC1C. The molecule has 1 aromatic rings. The maximum absolute atomic E-state index is 5.52. The molecule has 0 fully saturated rings. The van der Waals surface area contributed by atoms with Crippen LogP contribution < -0.4 is 9.47 Å². The fourth-order valence-electron chi connectivity index (χ4n) is 2.94. The fourth-order valence-corrected chi connectivity index (χ4v) is 2.94. The maximum atomic E-state index is 5.52. The highest BCUT2D eigenvalue weighted by atomic mass is 16.5. The molecule has 0 saturated carbocycles. The normalized spacial score (nSPS) is 23.4. The molecule has 1 aromatic carbocycles. The van der Waals surface area contributed by atoms with Gasteiger partial charge in [0, 0.05) is 5.56 Å². The lowest BCUT2D eigenvalue weighted by Crippen LogP contribution is -2.15. The summed E-state index contributed by atoms with van der Waals surface area (Å²) in [6, 6.07) is 6.03. The van der Waals surface area contributed by atoms with Crippen LogP contribution in [0, 0.1) is 5.92 Å². The molecule has 1 aliphatic carbocycles. The van der Waals surface area contributed by atoms with Crippen molar-refractivity contribution >= 4 is 0 Å². The number of benzene rings is 1. The Bertz CT molecular complexity index is 426. The first-order valence-corrected chi connectivity index (χ1v) is 6.54. The first-order chi connectivity index (χ1) is 8.67. The van der Waals surface area contributed by atoms with Gasteiger partial charge in [-0.15, -0.1) is 0 Å². The van der Waals surface area contributed by atoms with Crippen LogP contribution in [0.1, 0.15) is 38.2 Å². The molecule has 0 N–H and O–H groups in total. The summed E-state index contributed by atoms with van der Waals surface area (Å²) in [5.41, 5.74) is 2.71. The highest BCUT2D eigenvalue weighted by Crippen LogP contribution is 2.44. The van der Waals surface area contributed by atoms with E-state index >= 15 is 0 Å². The Morgan fingerprint density at radius 3 is 2.22 bits per heavy atom. The summed E-state index contributed by atoms with van der Waals surface area (Å²) in [6.07, 6.45) is 4.58. The van der Waals surface area contributed by atoms with Gasteiger partial charge in [0.05, 0.1) is 14.2 Å². The van der Waals surface area contributed by atoms with Crippen molar-refractivity contribution in [2.75, 3.05) is 14.2 Å². The number of rotatable bonds is 3. The van der Waals surface area contributed by atoms with Crippen molar-refractivity contribution in [1.82, 2.24) is 0 Å². The Hall–Kier alpha value is -1.44. The van der Waals surface area contributed by atoms with Crippen LogP contribution in [-0.2, 0) is 0 Å². The minimum absolute atomic E-state index is 0.486. The van der Waals surface area contributed by atoms with E-state index in [-0.39, 0.29) is 0 Å². The second-order valence-corrected chi connectivity index (χ2v) is 5.15. The summed E-state index contributed by atoms with van der Waals surface area (Å²) in [5, 5.41) is 0. The number of ether oxygens (including phenoxy) is 2. The highest BCUT2D eigenvalue weighted by molar-refractivity contribution is 5.48. The molecule has 1 aliphatic rings. The minimum atomic E-state index is 0.486. The van der Waals surface area contributed by atoms with Gasteiger partial charge in [0.15, 0.2) is 0 Å². The molecule has 0 saturated heterocycles. The molecule has 0 aromatic heterocycles. The monoisotopic (exact) mass is 246 g/mol. The predicted molar refractivity (Wildman–Crippen MR) is 74.4 cm³/mol. The van der Waals surface area contributed by atoms with Gasteiger partial charge in [-0.2, -0.15) is 0 Å². The summed E-state index contributed by atoms with van der Waals surface area (Å²) in [7, 11) is 3.46. The van der Waals surface area contributed by atoms with Crippen LogP contribution in [0.2, 0.25) is 0 Å². The molecule has 18 heavy (non-hydrogen) atoms. The van der Waals surface area contributed by atoms with Crippen molar-refractivity contribution in [2.45, 2.75) is 32.6 Å². The summed E-state index contributed by atoms with van der Waals surface area (Å²) >= 11 is 0. The quantitative estimate of drug-likeness (QED) is 0.745. The van der Waals surface area contributed by atoms with Crippen LogP contribution >= 0.6 is 0 Å². The molecule has 2 atom stereocenters. The van der Waals surface area contributed by atoms with E-state index in [9.17, 15) is 0 Å². The van der Waals surface area contributed by atoms with Crippen molar-refractivity contribution in [1.29, 1.82) is 0 Å². The van der Waals surface area contributed by atoms with Gasteiger partial charge in [-0.05, 0) is 43.7 Å². The molecule has 0 heterocycles. The van der Waals surface area contributed by atoms with E-state index < -0.39 is 0 Å². The molecule has 98 valence electrons. The van der Waals surface area contributed by atoms with E-state index in [4.69, 9.17) is 9.47 Å². The molecular weight excluding hydrogens is 224 g/mol. The van der Waals surface area contributed by atoms with Crippen LogP contribution in [0.25, 0.3) is 0 Å². The standard InChI is InChI=1S/C16H22O2/c1-11-8-9-13(12(2)10-11)16-14(17-3)6-5-7-15(16)18-4/h5-8,12-13H,9-10H2,1-4H3/t12?,13-/m0/s1. The van der Waals surface area contributed by atoms with E-state index in [0.717, 1.165) is 24.3 Å². The number of allylic oxidation sites excluding steroid dienone is 2. The fraction of sp³-hybridized carbons (Fsp3) is 0.500. The molecule has 0 spiro atoms. The maximum Gasteiger partial charge on any atom is 0.126 e. The van der Waals surface area contributed by atoms with Gasteiger partial charge in [0.2, 0.25) is 0 Å². The summed E-state index contributed by atoms with van der Waals surface area (Å²) in [5.74, 6) is 3.00. The number of methoxy groups -OCH3 is 2. The van der Waals surface area contributed by atoms with Gasteiger partial charge in [0.1, 0.15) is 11.5 Å². The van der Waals surface area contributed by atoms with E-state index in [0.29, 0.717) is 11.8 Å². The molecule has 2 heteroatoms. The molecule has 0 bridgehead atoms. The average molecular weight is 246 g/mol. The van der Waals surface area contributed by atoms with Gasteiger partial charge in [-0.25, -0.2) is 0 Å². The number of hydrogen-bond donors (Lipinski definition) is 0. The van der Waals surface area contributed by atoms with Crippen molar-refractivity contribution < 1.29 is 9.47 Å². The molecule has 0 radical (unpaired) electrons. The molecule has 1 unspecified atom stereocenters. The summed E-state index contributed by atoms with van der Waals surface area (Å²) in [6.45, 7) is 4.53. The van der Waals surface area contributed by atoms with Gasteiger partial charge < -0.3 is 9.47 Å².